The molecule has 2 nitrogen and oxygen atoms in total. The number of alkyl halides is 3. The number of benzene rings is 2. The van der Waals surface area contributed by atoms with Crippen LogP contribution in [0.1, 0.15) is 15.9 Å². The van der Waals surface area contributed by atoms with E-state index < -0.39 is 17.6 Å². The number of hydrogen-bond donors (Lipinski definition) is 1. The molecule has 21 heavy (non-hydrogen) atoms. The average Bonchev–Trinajstić information content (AvgIpc) is 2.40. The van der Waals surface area contributed by atoms with Gasteiger partial charge in [0.1, 0.15) is 0 Å². The van der Waals surface area contributed by atoms with Gasteiger partial charge in [-0.25, -0.2) is 0 Å². The monoisotopic (exact) mass is 469 g/mol. The fraction of sp³-hybridized carbons (Fsp3) is 0.0714. The molecule has 0 heterocycles. The summed E-state index contributed by atoms with van der Waals surface area (Å²) in [7, 11) is 0. The lowest BCUT2D eigenvalue weighted by atomic mass is 10.1. The highest BCUT2D eigenvalue weighted by Crippen LogP contribution is 2.35. The lowest BCUT2D eigenvalue weighted by Crippen LogP contribution is -2.15. The number of rotatable bonds is 2. The van der Waals surface area contributed by atoms with Crippen LogP contribution in [-0.2, 0) is 6.18 Å². The molecule has 110 valence electrons. The van der Waals surface area contributed by atoms with E-state index in [-0.39, 0.29) is 10.0 Å². The third kappa shape index (κ3) is 3.97. The van der Waals surface area contributed by atoms with E-state index in [1.54, 1.807) is 24.3 Å². The maximum atomic E-state index is 12.8. The van der Waals surface area contributed by atoms with Crippen molar-refractivity contribution in [3.05, 3.63) is 61.6 Å². The third-order valence-corrected chi connectivity index (χ3v) is 4.29. The summed E-state index contributed by atoms with van der Waals surface area (Å²) >= 11 is 4.88. The van der Waals surface area contributed by atoms with Crippen LogP contribution in [0, 0.1) is 3.57 Å². The van der Waals surface area contributed by atoms with Crippen LogP contribution in [0.4, 0.5) is 18.9 Å². The molecule has 2 aromatic rings. The van der Waals surface area contributed by atoms with E-state index in [1.165, 1.54) is 12.1 Å². The Kier molecular flexibility index (Phi) is 4.92. The first-order valence-corrected chi connectivity index (χ1v) is 7.59. The Bertz CT molecular complexity index is 688. The minimum atomic E-state index is -4.52. The van der Waals surface area contributed by atoms with Gasteiger partial charge in [0, 0.05) is 13.6 Å². The van der Waals surface area contributed by atoms with Gasteiger partial charge in [-0.15, -0.1) is 0 Å². The van der Waals surface area contributed by atoms with Crippen molar-refractivity contribution in [3.63, 3.8) is 0 Å². The number of carbonyl (C=O) groups excluding carboxylic acids is 1. The predicted octanol–water partition coefficient (Wildman–Crippen LogP) is 5.32. The summed E-state index contributed by atoms with van der Waals surface area (Å²) in [6.45, 7) is 0. The van der Waals surface area contributed by atoms with E-state index in [4.69, 9.17) is 0 Å². The van der Waals surface area contributed by atoms with Crippen molar-refractivity contribution < 1.29 is 18.0 Å². The molecule has 0 bridgehead atoms. The van der Waals surface area contributed by atoms with Crippen molar-refractivity contribution >= 4 is 50.1 Å². The molecule has 0 saturated heterocycles. The second kappa shape index (κ2) is 6.35. The maximum absolute atomic E-state index is 12.8. The topological polar surface area (TPSA) is 29.1 Å². The van der Waals surface area contributed by atoms with E-state index in [0.717, 1.165) is 9.64 Å². The fourth-order valence-corrected chi connectivity index (χ4v) is 2.63. The Labute approximate surface area is 141 Å². The first-order chi connectivity index (χ1) is 9.79. The van der Waals surface area contributed by atoms with E-state index in [9.17, 15) is 18.0 Å². The number of hydrogen-bond acceptors (Lipinski definition) is 1. The van der Waals surface area contributed by atoms with Gasteiger partial charge in [0.25, 0.3) is 5.91 Å². The van der Waals surface area contributed by atoms with Gasteiger partial charge in [-0.2, -0.15) is 13.2 Å². The molecule has 0 aliphatic carbocycles. The Morgan fingerprint density at radius 3 is 2.43 bits per heavy atom. The van der Waals surface area contributed by atoms with E-state index in [2.05, 4.69) is 21.2 Å². The van der Waals surface area contributed by atoms with Crippen LogP contribution in [0.3, 0.4) is 0 Å². The Hall–Kier alpha value is -1.09. The summed E-state index contributed by atoms with van der Waals surface area (Å²) in [5.41, 5.74) is -0.373. The zero-order valence-corrected chi connectivity index (χ0v) is 14.1. The average molecular weight is 470 g/mol. The molecule has 2 rings (SSSR count). The van der Waals surface area contributed by atoms with Gasteiger partial charge < -0.3 is 5.32 Å². The van der Waals surface area contributed by atoms with Crippen LogP contribution in [0.25, 0.3) is 0 Å². The maximum Gasteiger partial charge on any atom is 0.417 e. The van der Waals surface area contributed by atoms with Gasteiger partial charge in [-0.1, -0.05) is 28.1 Å². The van der Waals surface area contributed by atoms with E-state index in [1.807, 2.05) is 22.6 Å². The number of para-hydroxylation sites is 1. The van der Waals surface area contributed by atoms with Crippen molar-refractivity contribution in [1.29, 1.82) is 0 Å². The molecule has 7 heteroatoms. The number of halogens is 5. The van der Waals surface area contributed by atoms with Gasteiger partial charge in [0.15, 0.2) is 0 Å². The molecule has 0 spiro atoms. The summed E-state index contributed by atoms with van der Waals surface area (Å²) in [6.07, 6.45) is -4.52. The zero-order chi connectivity index (χ0) is 15.6. The molecule has 2 aromatic carbocycles. The normalized spacial score (nSPS) is 11.3. The van der Waals surface area contributed by atoms with Crippen molar-refractivity contribution in [3.8, 4) is 0 Å². The molecule has 1 amide bonds. The highest BCUT2D eigenvalue weighted by atomic mass is 127. The molecule has 0 saturated carbocycles. The molecule has 1 N–H and O–H groups in total. The van der Waals surface area contributed by atoms with Crippen LogP contribution in [0.15, 0.2) is 46.9 Å². The second-order valence-electron chi connectivity index (χ2n) is 4.13. The lowest BCUT2D eigenvalue weighted by molar-refractivity contribution is -0.138. The molecule has 0 atom stereocenters. The van der Waals surface area contributed by atoms with Crippen molar-refractivity contribution in [1.82, 2.24) is 0 Å². The van der Waals surface area contributed by atoms with Crippen molar-refractivity contribution in [2.45, 2.75) is 6.18 Å². The number of carbonyl (C=O) groups is 1. The lowest BCUT2D eigenvalue weighted by Gasteiger charge is -2.12. The first-order valence-electron chi connectivity index (χ1n) is 5.71. The minimum absolute atomic E-state index is 0.0508. The van der Waals surface area contributed by atoms with Crippen molar-refractivity contribution in [2.24, 2.45) is 0 Å². The van der Waals surface area contributed by atoms with Crippen LogP contribution in [0.2, 0.25) is 0 Å². The van der Waals surface area contributed by atoms with Crippen molar-refractivity contribution in [2.75, 3.05) is 5.32 Å². The highest BCUT2D eigenvalue weighted by molar-refractivity contribution is 14.1. The van der Waals surface area contributed by atoms with Crippen LogP contribution in [0.5, 0.6) is 0 Å². The molecular formula is C14H8BrF3INO. The Morgan fingerprint density at radius 1 is 1.14 bits per heavy atom. The zero-order valence-electron chi connectivity index (χ0n) is 10.3. The van der Waals surface area contributed by atoms with Gasteiger partial charge >= 0.3 is 6.18 Å². The highest BCUT2D eigenvalue weighted by Gasteiger charge is 2.33. The first kappa shape index (κ1) is 16.3. The van der Waals surface area contributed by atoms with Crippen LogP contribution < -0.4 is 5.32 Å². The van der Waals surface area contributed by atoms with Crippen LogP contribution >= 0.6 is 38.5 Å². The summed E-state index contributed by atoms with van der Waals surface area (Å²) in [6, 6.07) is 10.4. The molecule has 0 unspecified atom stereocenters. The Balaban J connectivity index is 2.31. The molecule has 0 fully saturated rings. The Morgan fingerprint density at radius 2 is 1.81 bits per heavy atom. The summed E-state index contributed by atoms with van der Waals surface area (Å²) in [5, 5.41) is 2.60. The van der Waals surface area contributed by atoms with Crippen LogP contribution in [-0.4, -0.2) is 5.91 Å². The molecule has 0 aliphatic rings. The SMILES string of the molecule is O=C(Nc1ccccc1I)c1ccc(Br)c(C(F)(F)F)c1. The summed E-state index contributed by atoms with van der Waals surface area (Å²) < 4.78 is 39.2. The largest absolute Gasteiger partial charge is 0.417 e. The van der Waals surface area contributed by atoms with E-state index >= 15 is 0 Å². The van der Waals surface area contributed by atoms with Gasteiger partial charge in [-0.05, 0) is 52.9 Å². The van der Waals surface area contributed by atoms with E-state index in [0.29, 0.717) is 5.69 Å². The third-order valence-electron chi connectivity index (χ3n) is 2.66. The van der Waals surface area contributed by atoms with Gasteiger partial charge in [0.2, 0.25) is 0 Å². The number of anilines is 1. The van der Waals surface area contributed by atoms with Gasteiger partial charge in [-0.3, -0.25) is 4.79 Å². The molecule has 0 radical (unpaired) electrons. The molecule has 0 aromatic heterocycles. The predicted molar refractivity (Wildman–Crippen MR) is 86.3 cm³/mol. The second-order valence-corrected chi connectivity index (χ2v) is 6.14. The smallest absolute Gasteiger partial charge is 0.321 e. The molecular weight excluding hydrogens is 462 g/mol. The fourth-order valence-electron chi connectivity index (χ4n) is 1.64. The molecule has 0 aliphatic heterocycles. The quantitative estimate of drug-likeness (QED) is 0.592. The standard InChI is InChI=1S/C14H8BrF3INO/c15-10-6-5-8(7-9(10)14(16,17)18)13(21)20-12-4-2-1-3-11(12)19/h1-7H,(H,20,21). The number of amides is 1. The number of nitrogens with one attached hydrogen (secondary N) is 1. The summed E-state index contributed by atoms with van der Waals surface area (Å²) in [5.74, 6) is -0.586. The minimum Gasteiger partial charge on any atom is -0.321 e. The summed E-state index contributed by atoms with van der Waals surface area (Å²) in [4.78, 5) is 12.1. The van der Waals surface area contributed by atoms with Gasteiger partial charge in [0.05, 0.1) is 11.3 Å².